The van der Waals surface area contributed by atoms with Crippen LogP contribution in [0.15, 0.2) is 27.6 Å². The zero-order chi connectivity index (χ0) is 11.5. The molecular weight excluding hydrogens is 272 g/mol. The second-order valence-electron chi connectivity index (χ2n) is 4.06. The molecule has 1 aromatic rings. The monoisotopic (exact) mass is 284 g/mol. The Balaban J connectivity index is 1.93. The molecule has 0 atom stereocenters. The van der Waals surface area contributed by atoms with Gasteiger partial charge in [-0.3, -0.25) is 9.59 Å². The molecule has 0 aromatic carbocycles. The maximum Gasteiger partial charge on any atom is 0.251 e. The average molecular weight is 285 g/mol. The van der Waals surface area contributed by atoms with Crippen molar-refractivity contribution in [2.75, 3.05) is 6.54 Å². The van der Waals surface area contributed by atoms with Crippen molar-refractivity contribution in [3.63, 3.8) is 0 Å². The van der Waals surface area contributed by atoms with Crippen LogP contribution in [-0.4, -0.2) is 17.0 Å². The summed E-state index contributed by atoms with van der Waals surface area (Å²) in [4.78, 5) is 22.9. The number of hydrogen-bond acceptors (Lipinski definition) is 2. The van der Waals surface area contributed by atoms with E-state index < -0.39 is 0 Å². The number of halogens is 1. The molecule has 1 N–H and O–H groups in total. The molecule has 16 heavy (non-hydrogen) atoms. The molecule has 0 unspecified atom stereocenters. The number of pyridine rings is 1. The van der Waals surface area contributed by atoms with Crippen LogP contribution in [0.1, 0.15) is 12.8 Å². The van der Waals surface area contributed by atoms with Gasteiger partial charge in [0, 0.05) is 23.3 Å². The third-order valence-corrected chi connectivity index (χ3v) is 3.02. The predicted octanol–water partition coefficient (Wildman–Crippen LogP) is 1.14. The minimum absolute atomic E-state index is 0.0883. The zero-order valence-corrected chi connectivity index (χ0v) is 10.4. The van der Waals surface area contributed by atoms with Crippen LogP contribution in [0.5, 0.6) is 0 Å². The van der Waals surface area contributed by atoms with Crippen LogP contribution in [0.4, 0.5) is 0 Å². The van der Waals surface area contributed by atoms with E-state index in [9.17, 15) is 9.59 Å². The Morgan fingerprint density at radius 1 is 1.50 bits per heavy atom. The van der Waals surface area contributed by atoms with Crippen LogP contribution in [-0.2, 0) is 11.3 Å². The number of aromatic nitrogens is 1. The van der Waals surface area contributed by atoms with E-state index in [1.165, 1.54) is 23.5 Å². The largest absolute Gasteiger partial charge is 0.354 e. The SMILES string of the molecule is O=C(Cn1cc(Br)ccc1=O)NCC1CC1. The molecule has 86 valence electrons. The number of carbonyl (C=O) groups is 1. The third-order valence-electron chi connectivity index (χ3n) is 2.55. The Kier molecular flexibility index (Phi) is 3.43. The first kappa shape index (κ1) is 11.4. The summed E-state index contributed by atoms with van der Waals surface area (Å²) in [5, 5.41) is 2.83. The van der Waals surface area contributed by atoms with Gasteiger partial charge in [0.2, 0.25) is 5.91 Å². The van der Waals surface area contributed by atoms with Crippen LogP contribution < -0.4 is 10.9 Å². The Labute approximate surface area is 102 Å². The quantitative estimate of drug-likeness (QED) is 0.901. The smallest absolute Gasteiger partial charge is 0.251 e. The van der Waals surface area contributed by atoms with Crippen molar-refractivity contribution < 1.29 is 4.79 Å². The number of hydrogen-bond donors (Lipinski definition) is 1. The topological polar surface area (TPSA) is 51.1 Å². The lowest BCUT2D eigenvalue weighted by Crippen LogP contribution is -2.32. The van der Waals surface area contributed by atoms with Crippen LogP contribution in [0.25, 0.3) is 0 Å². The van der Waals surface area contributed by atoms with Crippen molar-refractivity contribution in [3.05, 3.63) is 33.2 Å². The van der Waals surface area contributed by atoms with Crippen LogP contribution in [0, 0.1) is 5.92 Å². The average Bonchev–Trinajstić information content (AvgIpc) is 3.04. The normalized spacial score (nSPS) is 14.8. The van der Waals surface area contributed by atoms with Crippen molar-refractivity contribution in [3.8, 4) is 0 Å². The fourth-order valence-electron chi connectivity index (χ4n) is 1.42. The molecule has 4 nitrogen and oxygen atoms in total. The number of amides is 1. The third kappa shape index (κ3) is 3.20. The first-order valence-corrected chi connectivity index (χ1v) is 6.07. The van der Waals surface area contributed by atoms with E-state index in [1.807, 2.05) is 0 Å². The maximum atomic E-state index is 11.5. The molecule has 1 aliphatic carbocycles. The summed E-state index contributed by atoms with van der Waals surface area (Å²) in [6.07, 6.45) is 4.03. The molecule has 1 saturated carbocycles. The summed E-state index contributed by atoms with van der Waals surface area (Å²) >= 11 is 3.27. The van der Waals surface area contributed by atoms with Crippen molar-refractivity contribution in [2.24, 2.45) is 5.92 Å². The van der Waals surface area contributed by atoms with Gasteiger partial charge in [0.15, 0.2) is 0 Å². The van der Waals surface area contributed by atoms with Crippen molar-refractivity contribution in [2.45, 2.75) is 19.4 Å². The van der Waals surface area contributed by atoms with Gasteiger partial charge in [0.05, 0.1) is 0 Å². The van der Waals surface area contributed by atoms with Crippen molar-refractivity contribution in [1.29, 1.82) is 0 Å². The molecule has 0 saturated heterocycles. The Hall–Kier alpha value is -1.10. The van der Waals surface area contributed by atoms with Gasteiger partial charge >= 0.3 is 0 Å². The van der Waals surface area contributed by atoms with Gasteiger partial charge in [-0.2, -0.15) is 0 Å². The summed E-state index contributed by atoms with van der Waals surface area (Å²) in [5.74, 6) is 0.551. The van der Waals surface area contributed by atoms with Gasteiger partial charge in [0.1, 0.15) is 6.54 Å². The molecule has 0 radical (unpaired) electrons. The van der Waals surface area contributed by atoms with Gasteiger partial charge in [-0.15, -0.1) is 0 Å². The molecule has 1 amide bonds. The maximum absolute atomic E-state index is 11.5. The number of rotatable bonds is 4. The van der Waals surface area contributed by atoms with Crippen LogP contribution >= 0.6 is 15.9 Å². The molecule has 0 bridgehead atoms. The lowest BCUT2D eigenvalue weighted by molar-refractivity contribution is -0.121. The minimum atomic E-state index is -0.162. The van der Waals surface area contributed by atoms with Gasteiger partial charge in [-0.1, -0.05) is 0 Å². The van der Waals surface area contributed by atoms with E-state index in [1.54, 1.807) is 12.3 Å². The molecule has 0 spiro atoms. The van der Waals surface area contributed by atoms with Gasteiger partial charge < -0.3 is 9.88 Å². The van der Waals surface area contributed by atoms with Gasteiger partial charge in [-0.25, -0.2) is 0 Å². The van der Waals surface area contributed by atoms with Gasteiger partial charge in [-0.05, 0) is 40.8 Å². The number of nitrogens with zero attached hydrogens (tertiary/aromatic N) is 1. The highest BCUT2D eigenvalue weighted by molar-refractivity contribution is 9.10. The summed E-state index contributed by atoms with van der Waals surface area (Å²) < 4.78 is 2.19. The number of carbonyl (C=O) groups excluding carboxylic acids is 1. The zero-order valence-electron chi connectivity index (χ0n) is 8.78. The Morgan fingerprint density at radius 2 is 2.25 bits per heavy atom. The second-order valence-corrected chi connectivity index (χ2v) is 4.98. The van der Waals surface area contributed by atoms with E-state index in [0.29, 0.717) is 5.92 Å². The van der Waals surface area contributed by atoms with Crippen LogP contribution in [0.3, 0.4) is 0 Å². The molecule has 0 aliphatic heterocycles. The highest BCUT2D eigenvalue weighted by atomic mass is 79.9. The van der Waals surface area contributed by atoms with E-state index in [-0.39, 0.29) is 18.0 Å². The summed E-state index contributed by atoms with van der Waals surface area (Å²) in [6.45, 7) is 0.826. The summed E-state index contributed by atoms with van der Waals surface area (Å²) in [5.41, 5.74) is -0.162. The Bertz CT molecular complexity index is 452. The standard InChI is InChI=1S/C11H13BrN2O2/c12-9-3-4-11(16)14(6-9)7-10(15)13-5-8-1-2-8/h3-4,6,8H,1-2,5,7H2,(H,13,15). The first-order valence-electron chi connectivity index (χ1n) is 5.28. The first-order chi connectivity index (χ1) is 7.65. The van der Waals surface area contributed by atoms with Gasteiger partial charge in [0.25, 0.3) is 5.56 Å². The highest BCUT2D eigenvalue weighted by Gasteiger charge is 2.21. The fourth-order valence-corrected chi connectivity index (χ4v) is 1.80. The molecule has 1 aliphatic rings. The Morgan fingerprint density at radius 3 is 2.94 bits per heavy atom. The van der Waals surface area contributed by atoms with E-state index in [4.69, 9.17) is 0 Å². The van der Waals surface area contributed by atoms with E-state index in [0.717, 1.165) is 11.0 Å². The van der Waals surface area contributed by atoms with E-state index in [2.05, 4.69) is 21.2 Å². The molecule has 1 fully saturated rings. The molecule has 2 rings (SSSR count). The van der Waals surface area contributed by atoms with Crippen molar-refractivity contribution >= 4 is 21.8 Å². The molecule has 5 heteroatoms. The highest BCUT2D eigenvalue weighted by Crippen LogP contribution is 2.27. The second kappa shape index (κ2) is 4.82. The predicted molar refractivity (Wildman–Crippen MR) is 64.1 cm³/mol. The fraction of sp³-hybridized carbons (Fsp3) is 0.455. The molecular formula is C11H13BrN2O2. The lowest BCUT2D eigenvalue weighted by atomic mass is 10.4. The summed E-state index contributed by atoms with van der Waals surface area (Å²) in [7, 11) is 0. The molecule has 1 heterocycles. The van der Waals surface area contributed by atoms with Crippen LogP contribution in [0.2, 0.25) is 0 Å². The summed E-state index contributed by atoms with van der Waals surface area (Å²) in [6, 6.07) is 3.11. The lowest BCUT2D eigenvalue weighted by Gasteiger charge is -2.06. The minimum Gasteiger partial charge on any atom is -0.354 e. The molecule has 1 aromatic heterocycles. The number of nitrogens with one attached hydrogen (secondary N) is 1. The van der Waals surface area contributed by atoms with Crippen molar-refractivity contribution in [1.82, 2.24) is 9.88 Å². The van der Waals surface area contributed by atoms with E-state index >= 15 is 0 Å².